The van der Waals surface area contributed by atoms with Gasteiger partial charge in [-0.1, -0.05) is 12.1 Å². The van der Waals surface area contributed by atoms with E-state index in [1.165, 1.54) is 16.0 Å². The van der Waals surface area contributed by atoms with Crippen LogP contribution in [0, 0.1) is 6.92 Å². The number of aliphatic imine (C=N–C) groups is 1. The number of benzene rings is 1. The highest BCUT2D eigenvalue weighted by atomic mass is 127. The molecule has 0 saturated heterocycles. The lowest BCUT2D eigenvalue weighted by Crippen LogP contribution is -2.38. The van der Waals surface area contributed by atoms with Crippen molar-refractivity contribution >= 4 is 41.7 Å². The summed E-state index contributed by atoms with van der Waals surface area (Å²) in [5.41, 5.74) is 2.54. The molecular formula is C18H32IN3O2S. The van der Waals surface area contributed by atoms with Gasteiger partial charge in [-0.05, 0) is 43.7 Å². The largest absolute Gasteiger partial charge is 0.382 e. The van der Waals surface area contributed by atoms with Gasteiger partial charge in [-0.15, -0.1) is 35.7 Å². The van der Waals surface area contributed by atoms with Crippen LogP contribution >= 0.6 is 35.7 Å². The Morgan fingerprint density at radius 1 is 1.20 bits per heavy atom. The third-order valence-corrected chi connectivity index (χ3v) is 4.20. The number of aryl methyl sites for hydroxylation is 1. The summed E-state index contributed by atoms with van der Waals surface area (Å²) in [7, 11) is 1.68. The molecule has 0 aromatic heterocycles. The van der Waals surface area contributed by atoms with Gasteiger partial charge in [0.15, 0.2) is 5.96 Å². The average molecular weight is 481 g/mol. The maximum atomic E-state index is 5.46. The van der Waals surface area contributed by atoms with Crippen LogP contribution in [0.15, 0.2) is 28.1 Å². The molecule has 0 saturated carbocycles. The van der Waals surface area contributed by atoms with E-state index in [-0.39, 0.29) is 24.0 Å². The number of rotatable bonds is 11. The fraction of sp³-hybridized carbons (Fsp3) is 0.611. The van der Waals surface area contributed by atoms with Gasteiger partial charge in [0.1, 0.15) is 0 Å². The molecule has 25 heavy (non-hydrogen) atoms. The molecule has 0 aliphatic rings. The van der Waals surface area contributed by atoms with Crippen molar-refractivity contribution in [3.05, 3.63) is 29.3 Å². The van der Waals surface area contributed by atoms with Crippen molar-refractivity contribution in [3.63, 3.8) is 0 Å². The highest BCUT2D eigenvalue weighted by Crippen LogP contribution is 2.22. The van der Waals surface area contributed by atoms with Crippen molar-refractivity contribution < 1.29 is 9.47 Å². The number of halogens is 1. The molecule has 0 radical (unpaired) electrons. The van der Waals surface area contributed by atoms with Gasteiger partial charge in [0.25, 0.3) is 0 Å². The molecule has 2 N–H and O–H groups in total. The predicted octanol–water partition coefficient (Wildman–Crippen LogP) is 3.44. The van der Waals surface area contributed by atoms with Crippen molar-refractivity contribution in [1.82, 2.24) is 10.6 Å². The highest BCUT2D eigenvalue weighted by molar-refractivity contribution is 14.0. The summed E-state index contributed by atoms with van der Waals surface area (Å²) in [5, 5.41) is 6.64. The van der Waals surface area contributed by atoms with Gasteiger partial charge < -0.3 is 20.1 Å². The molecule has 1 rings (SSSR count). The molecule has 0 unspecified atom stereocenters. The quantitative estimate of drug-likeness (QED) is 0.167. The number of guanidine groups is 1. The first-order chi connectivity index (χ1) is 11.7. The van der Waals surface area contributed by atoms with E-state index in [0.717, 1.165) is 32.1 Å². The lowest BCUT2D eigenvalue weighted by molar-refractivity contribution is 0.0698. The second-order valence-corrected chi connectivity index (χ2v) is 6.24. The third kappa shape index (κ3) is 10.9. The summed E-state index contributed by atoms with van der Waals surface area (Å²) < 4.78 is 10.4. The van der Waals surface area contributed by atoms with Crippen molar-refractivity contribution in [2.24, 2.45) is 4.99 Å². The number of nitrogens with zero attached hydrogens (tertiary/aromatic N) is 1. The monoisotopic (exact) mass is 481 g/mol. The molecule has 0 fully saturated rings. The number of hydrogen-bond acceptors (Lipinski definition) is 4. The van der Waals surface area contributed by atoms with Crippen molar-refractivity contribution in [1.29, 1.82) is 0 Å². The first-order valence-corrected chi connectivity index (χ1v) is 9.66. The van der Waals surface area contributed by atoms with E-state index >= 15 is 0 Å². The molecule has 0 amide bonds. The van der Waals surface area contributed by atoms with E-state index < -0.39 is 0 Å². The summed E-state index contributed by atoms with van der Waals surface area (Å²) in [6, 6.07) is 6.52. The average Bonchev–Trinajstić information content (AvgIpc) is 2.59. The van der Waals surface area contributed by atoms with Gasteiger partial charge in [-0.25, -0.2) is 4.99 Å². The second kappa shape index (κ2) is 15.7. The molecule has 7 heteroatoms. The normalized spacial score (nSPS) is 11.1. The molecular weight excluding hydrogens is 449 g/mol. The Morgan fingerprint density at radius 2 is 2.00 bits per heavy atom. The van der Waals surface area contributed by atoms with E-state index in [2.05, 4.69) is 53.9 Å². The zero-order valence-electron chi connectivity index (χ0n) is 15.8. The SMILES string of the molecule is CCNC(=NCc1ccc(C)cc1SC)NCCCOCCOC.I. The van der Waals surface area contributed by atoms with Crippen LogP contribution in [0.2, 0.25) is 0 Å². The standard InChI is InChI=1S/C18H31N3O2S.HI/c1-5-19-18(20-9-6-10-23-12-11-22-3)21-14-16-8-7-15(2)13-17(16)24-4;/h7-8,13H,5-6,9-12,14H2,1-4H3,(H2,19,20,21);1H. The maximum Gasteiger partial charge on any atom is 0.191 e. The van der Waals surface area contributed by atoms with Crippen molar-refractivity contribution in [3.8, 4) is 0 Å². The molecule has 0 heterocycles. The Kier molecular flexibility index (Phi) is 15.4. The highest BCUT2D eigenvalue weighted by Gasteiger charge is 2.03. The minimum Gasteiger partial charge on any atom is -0.382 e. The smallest absolute Gasteiger partial charge is 0.191 e. The minimum absolute atomic E-state index is 0. The van der Waals surface area contributed by atoms with Crippen molar-refractivity contribution in [2.75, 3.05) is 46.3 Å². The lowest BCUT2D eigenvalue weighted by Gasteiger charge is -2.12. The van der Waals surface area contributed by atoms with Gasteiger partial charge >= 0.3 is 0 Å². The predicted molar refractivity (Wildman–Crippen MR) is 119 cm³/mol. The first-order valence-electron chi connectivity index (χ1n) is 8.43. The number of thioether (sulfide) groups is 1. The second-order valence-electron chi connectivity index (χ2n) is 5.40. The minimum atomic E-state index is 0. The van der Waals surface area contributed by atoms with Crippen LogP contribution < -0.4 is 10.6 Å². The Morgan fingerprint density at radius 3 is 2.68 bits per heavy atom. The van der Waals surface area contributed by atoms with Crippen LogP contribution in [0.25, 0.3) is 0 Å². The summed E-state index contributed by atoms with van der Waals surface area (Å²) in [5.74, 6) is 0.849. The van der Waals surface area contributed by atoms with Crippen LogP contribution in [-0.2, 0) is 16.0 Å². The van der Waals surface area contributed by atoms with Crippen LogP contribution in [0.4, 0.5) is 0 Å². The molecule has 0 aliphatic carbocycles. The Balaban J connectivity index is 0.00000576. The molecule has 0 bridgehead atoms. The van der Waals surface area contributed by atoms with Crippen LogP contribution in [0.5, 0.6) is 0 Å². The summed E-state index contributed by atoms with van der Waals surface area (Å²) in [4.78, 5) is 5.98. The van der Waals surface area contributed by atoms with Gasteiger partial charge in [0, 0.05) is 31.7 Å². The van der Waals surface area contributed by atoms with E-state index in [0.29, 0.717) is 19.8 Å². The zero-order valence-corrected chi connectivity index (χ0v) is 18.9. The van der Waals surface area contributed by atoms with Gasteiger partial charge in [-0.2, -0.15) is 0 Å². The Bertz CT molecular complexity index is 501. The third-order valence-electron chi connectivity index (χ3n) is 3.38. The number of hydrogen-bond donors (Lipinski definition) is 2. The number of ether oxygens (including phenoxy) is 2. The summed E-state index contributed by atoms with van der Waals surface area (Å²) in [6.07, 6.45) is 3.05. The first kappa shape index (κ1) is 24.5. The van der Waals surface area contributed by atoms with Gasteiger partial charge in [-0.3, -0.25) is 0 Å². The zero-order chi connectivity index (χ0) is 17.6. The summed E-state index contributed by atoms with van der Waals surface area (Å²) in [6.45, 7) is 8.57. The lowest BCUT2D eigenvalue weighted by atomic mass is 10.1. The van der Waals surface area contributed by atoms with Crippen LogP contribution in [0.1, 0.15) is 24.5 Å². The van der Waals surface area contributed by atoms with E-state index in [1.807, 2.05) is 0 Å². The van der Waals surface area contributed by atoms with Crippen molar-refractivity contribution in [2.45, 2.75) is 31.7 Å². The molecule has 1 aromatic carbocycles. The molecule has 0 aliphatic heterocycles. The number of nitrogens with one attached hydrogen (secondary N) is 2. The molecule has 1 aromatic rings. The fourth-order valence-electron chi connectivity index (χ4n) is 2.11. The van der Waals surface area contributed by atoms with Crippen LogP contribution in [0.3, 0.4) is 0 Å². The topological polar surface area (TPSA) is 54.9 Å². The van der Waals surface area contributed by atoms with Gasteiger partial charge in [0.2, 0.25) is 0 Å². The molecule has 144 valence electrons. The van der Waals surface area contributed by atoms with E-state index in [9.17, 15) is 0 Å². The number of methoxy groups -OCH3 is 1. The molecule has 0 atom stereocenters. The van der Waals surface area contributed by atoms with Crippen LogP contribution in [-0.4, -0.2) is 52.2 Å². The van der Waals surface area contributed by atoms with Gasteiger partial charge in [0.05, 0.1) is 19.8 Å². The van der Waals surface area contributed by atoms with E-state index in [4.69, 9.17) is 9.47 Å². The molecule has 5 nitrogen and oxygen atoms in total. The maximum absolute atomic E-state index is 5.46. The Hall–Kier alpha value is -0.510. The Labute approximate surface area is 173 Å². The summed E-state index contributed by atoms with van der Waals surface area (Å²) >= 11 is 1.77. The van der Waals surface area contributed by atoms with E-state index in [1.54, 1.807) is 18.9 Å². The fourth-order valence-corrected chi connectivity index (χ4v) is 2.81. The molecule has 0 spiro atoms.